The predicted octanol–water partition coefficient (Wildman–Crippen LogP) is 5.26. The number of hydrogen-bond donors (Lipinski definition) is 1. The Balaban J connectivity index is 1.87. The van der Waals surface area contributed by atoms with Gasteiger partial charge in [-0.05, 0) is 59.8 Å². The second-order valence-electron chi connectivity index (χ2n) is 7.41. The van der Waals surface area contributed by atoms with E-state index < -0.39 is 5.82 Å². The minimum Gasteiger partial charge on any atom is -0.377 e. The Bertz CT molecular complexity index is 1050. The molecule has 2 aromatic carbocycles. The van der Waals surface area contributed by atoms with Gasteiger partial charge in [-0.25, -0.2) is 4.39 Å². The van der Waals surface area contributed by atoms with Gasteiger partial charge in [0.25, 0.3) is 11.8 Å². The van der Waals surface area contributed by atoms with Gasteiger partial charge in [-0.1, -0.05) is 19.1 Å². The number of benzene rings is 2. The summed E-state index contributed by atoms with van der Waals surface area (Å²) in [4.78, 5) is 30.0. The number of thiophene rings is 1. The molecule has 3 aromatic rings. The van der Waals surface area contributed by atoms with E-state index in [1.54, 1.807) is 12.1 Å². The van der Waals surface area contributed by atoms with Crippen LogP contribution in [0.25, 0.3) is 0 Å². The van der Waals surface area contributed by atoms with Crippen LogP contribution in [-0.2, 0) is 6.54 Å². The first-order valence-electron chi connectivity index (χ1n) is 10.1. The van der Waals surface area contributed by atoms with Gasteiger partial charge in [0.1, 0.15) is 5.82 Å². The molecule has 0 aliphatic rings. The highest BCUT2D eigenvalue weighted by Crippen LogP contribution is 2.26. The summed E-state index contributed by atoms with van der Waals surface area (Å²) < 4.78 is 13.5. The molecule has 0 unspecified atom stereocenters. The molecule has 162 valence electrons. The minimum absolute atomic E-state index is 0.00393. The van der Waals surface area contributed by atoms with Crippen LogP contribution in [0, 0.1) is 5.82 Å². The van der Waals surface area contributed by atoms with Gasteiger partial charge in [0.05, 0.1) is 4.88 Å². The first-order valence-corrected chi connectivity index (χ1v) is 11.0. The molecule has 31 heavy (non-hydrogen) atoms. The topological polar surface area (TPSA) is 52.7 Å². The van der Waals surface area contributed by atoms with Gasteiger partial charge in [0.2, 0.25) is 0 Å². The third-order valence-corrected chi connectivity index (χ3v) is 5.64. The second-order valence-corrected chi connectivity index (χ2v) is 8.35. The largest absolute Gasteiger partial charge is 0.377 e. The number of anilines is 2. The molecule has 1 aromatic heterocycles. The maximum atomic E-state index is 13.5. The van der Waals surface area contributed by atoms with Crippen LogP contribution >= 0.6 is 11.3 Å². The quantitative estimate of drug-likeness (QED) is 0.521. The zero-order chi connectivity index (χ0) is 22.4. The molecule has 0 saturated heterocycles. The predicted molar refractivity (Wildman–Crippen MR) is 124 cm³/mol. The average molecular weight is 440 g/mol. The summed E-state index contributed by atoms with van der Waals surface area (Å²) in [5.41, 5.74) is 2.72. The molecule has 2 amide bonds. The highest BCUT2D eigenvalue weighted by atomic mass is 32.1. The molecule has 0 saturated carbocycles. The molecule has 0 aliphatic heterocycles. The lowest BCUT2D eigenvalue weighted by molar-refractivity contribution is 0.0748. The Morgan fingerprint density at radius 1 is 1.06 bits per heavy atom. The number of carbonyl (C=O) groups excluding carboxylic acids is 2. The summed E-state index contributed by atoms with van der Waals surface area (Å²) >= 11 is 1.43. The summed E-state index contributed by atoms with van der Waals surface area (Å²) in [6.07, 6.45) is 0.838. The maximum Gasteiger partial charge on any atom is 0.264 e. The molecular weight excluding hydrogens is 413 g/mol. The highest BCUT2D eigenvalue weighted by molar-refractivity contribution is 7.12. The van der Waals surface area contributed by atoms with Crippen molar-refractivity contribution < 1.29 is 14.0 Å². The molecule has 3 rings (SSSR count). The maximum absolute atomic E-state index is 13.5. The smallest absolute Gasteiger partial charge is 0.264 e. The fourth-order valence-corrected chi connectivity index (χ4v) is 4.03. The third kappa shape index (κ3) is 5.70. The fraction of sp³-hybridized carbons (Fsp3) is 0.250. The van der Waals surface area contributed by atoms with Crippen LogP contribution in [0.5, 0.6) is 0 Å². The molecule has 0 spiro atoms. The fourth-order valence-electron chi connectivity index (χ4n) is 3.34. The third-order valence-electron chi connectivity index (χ3n) is 4.78. The van der Waals surface area contributed by atoms with Gasteiger partial charge in [-0.15, -0.1) is 11.3 Å². The number of amides is 2. The van der Waals surface area contributed by atoms with Crippen molar-refractivity contribution >= 4 is 34.5 Å². The van der Waals surface area contributed by atoms with E-state index >= 15 is 0 Å². The van der Waals surface area contributed by atoms with Crippen molar-refractivity contribution in [3.63, 3.8) is 0 Å². The summed E-state index contributed by atoms with van der Waals surface area (Å²) in [7, 11) is 3.88. The lowest BCUT2D eigenvalue weighted by Crippen LogP contribution is -2.31. The number of nitrogens with zero attached hydrogens (tertiary/aromatic N) is 2. The van der Waals surface area contributed by atoms with Gasteiger partial charge in [0.15, 0.2) is 0 Å². The van der Waals surface area contributed by atoms with E-state index in [9.17, 15) is 14.0 Å². The molecule has 0 radical (unpaired) electrons. The normalized spacial score (nSPS) is 10.6. The molecule has 0 atom stereocenters. The molecule has 5 nitrogen and oxygen atoms in total. The van der Waals surface area contributed by atoms with Crippen molar-refractivity contribution in [2.24, 2.45) is 0 Å². The van der Waals surface area contributed by atoms with Gasteiger partial charge in [-0.3, -0.25) is 9.59 Å². The summed E-state index contributed by atoms with van der Waals surface area (Å²) in [5.74, 6) is -0.850. The summed E-state index contributed by atoms with van der Waals surface area (Å²) in [5, 5.41) is 4.72. The Hall–Kier alpha value is -3.19. The Labute approximate surface area is 186 Å². The number of hydrogen-bond acceptors (Lipinski definition) is 4. The van der Waals surface area contributed by atoms with Crippen LogP contribution in [0.1, 0.15) is 38.9 Å². The van der Waals surface area contributed by atoms with Crippen molar-refractivity contribution in [3.8, 4) is 0 Å². The van der Waals surface area contributed by atoms with E-state index in [4.69, 9.17) is 0 Å². The van der Waals surface area contributed by atoms with Crippen molar-refractivity contribution in [3.05, 3.63) is 81.8 Å². The summed E-state index contributed by atoms with van der Waals surface area (Å²) in [6, 6.07) is 14.9. The van der Waals surface area contributed by atoms with E-state index in [1.807, 2.05) is 60.5 Å². The van der Waals surface area contributed by atoms with Crippen molar-refractivity contribution in [2.75, 3.05) is 30.9 Å². The van der Waals surface area contributed by atoms with E-state index in [0.717, 1.165) is 17.7 Å². The standard InChI is InChI=1S/C24H26FN3O2S/c1-4-12-28(24(30)22-9-6-13-31-22)16-18-15-20(10-11-21(18)27(2)3)26-23(29)17-7-5-8-19(25)14-17/h5-11,13-15H,4,12,16H2,1-3H3,(H,26,29). The van der Waals surface area contributed by atoms with Crippen LogP contribution in [0.15, 0.2) is 60.0 Å². The van der Waals surface area contributed by atoms with Gasteiger partial charge >= 0.3 is 0 Å². The zero-order valence-corrected chi connectivity index (χ0v) is 18.7. The van der Waals surface area contributed by atoms with Crippen molar-refractivity contribution in [1.82, 2.24) is 4.90 Å². The molecule has 1 heterocycles. The molecule has 0 aliphatic carbocycles. The Morgan fingerprint density at radius 2 is 1.87 bits per heavy atom. The number of carbonyl (C=O) groups is 2. The molecule has 0 fully saturated rings. The van der Waals surface area contributed by atoms with Crippen LogP contribution in [-0.4, -0.2) is 37.4 Å². The van der Waals surface area contributed by atoms with Gasteiger partial charge < -0.3 is 15.1 Å². The van der Waals surface area contributed by atoms with Crippen LogP contribution in [0.3, 0.4) is 0 Å². The van der Waals surface area contributed by atoms with Gasteiger partial charge in [-0.2, -0.15) is 0 Å². The minimum atomic E-state index is -0.460. The SMILES string of the molecule is CCCN(Cc1cc(NC(=O)c2cccc(F)c2)ccc1N(C)C)C(=O)c1cccs1. The lowest BCUT2D eigenvalue weighted by Gasteiger charge is -2.25. The zero-order valence-electron chi connectivity index (χ0n) is 17.9. The van der Waals surface area contributed by atoms with Gasteiger partial charge in [0, 0.05) is 44.1 Å². The van der Waals surface area contributed by atoms with Crippen LogP contribution < -0.4 is 10.2 Å². The lowest BCUT2D eigenvalue weighted by atomic mass is 10.1. The van der Waals surface area contributed by atoms with E-state index in [-0.39, 0.29) is 17.4 Å². The Morgan fingerprint density at radius 3 is 2.52 bits per heavy atom. The van der Waals surface area contributed by atoms with Crippen LogP contribution in [0.2, 0.25) is 0 Å². The van der Waals surface area contributed by atoms with Crippen molar-refractivity contribution in [2.45, 2.75) is 19.9 Å². The van der Waals surface area contributed by atoms with Crippen molar-refractivity contribution in [1.29, 1.82) is 0 Å². The van der Waals surface area contributed by atoms with E-state index in [0.29, 0.717) is 23.7 Å². The molecule has 0 bridgehead atoms. The second kappa shape index (κ2) is 10.2. The van der Waals surface area contributed by atoms with E-state index in [1.165, 1.54) is 29.5 Å². The monoisotopic (exact) mass is 439 g/mol. The highest BCUT2D eigenvalue weighted by Gasteiger charge is 2.19. The van der Waals surface area contributed by atoms with Crippen LogP contribution in [0.4, 0.5) is 15.8 Å². The first-order chi connectivity index (χ1) is 14.9. The average Bonchev–Trinajstić information content (AvgIpc) is 3.28. The molecular formula is C24H26FN3O2S. The Kier molecular flexibility index (Phi) is 7.41. The molecule has 7 heteroatoms. The molecule has 1 N–H and O–H groups in total. The van der Waals surface area contributed by atoms with E-state index in [2.05, 4.69) is 5.32 Å². The number of halogens is 1. The summed E-state index contributed by atoms with van der Waals surface area (Å²) in [6.45, 7) is 3.09. The number of rotatable bonds is 8. The number of nitrogens with one attached hydrogen (secondary N) is 1. The first kappa shape index (κ1) is 22.5.